The number of hydrogen-bond donors (Lipinski definition) is 3. The van der Waals surface area contributed by atoms with E-state index in [4.69, 9.17) is 16.7 Å². The Hall–Kier alpha value is -2.41. The first-order valence-electron chi connectivity index (χ1n) is 10.5. The molecule has 1 aliphatic carbocycles. The van der Waals surface area contributed by atoms with Gasteiger partial charge in [-0.3, -0.25) is 8.98 Å². The van der Waals surface area contributed by atoms with Crippen LogP contribution in [-0.2, 0) is 20.9 Å². The van der Waals surface area contributed by atoms with Crippen molar-refractivity contribution in [3.05, 3.63) is 74.8 Å². The fourth-order valence-electron chi connectivity index (χ4n) is 3.97. The van der Waals surface area contributed by atoms with E-state index in [2.05, 4.69) is 19.5 Å². The van der Waals surface area contributed by atoms with Gasteiger partial charge >= 0.3 is 10.3 Å². The topological polar surface area (TPSA) is 144 Å². The Morgan fingerprint density at radius 1 is 1.32 bits per heavy atom. The predicted molar refractivity (Wildman–Crippen MR) is 129 cm³/mol. The Kier molecular flexibility index (Phi) is 7.60. The molecule has 2 aromatic heterocycles. The van der Waals surface area contributed by atoms with Crippen molar-refractivity contribution >= 4 is 44.8 Å². The van der Waals surface area contributed by atoms with Crippen LogP contribution < -0.4 is 10.5 Å². The Labute approximate surface area is 206 Å². The lowest BCUT2D eigenvalue weighted by atomic mass is 10.1. The number of rotatable bonds is 9. The molecule has 0 spiro atoms. The van der Waals surface area contributed by atoms with Crippen LogP contribution in [0.5, 0.6) is 0 Å². The number of hydrogen-bond acceptors (Lipinski definition) is 9. The average molecular weight is 523 g/mol. The van der Waals surface area contributed by atoms with E-state index >= 15 is 0 Å². The van der Waals surface area contributed by atoms with Gasteiger partial charge in [-0.1, -0.05) is 29.8 Å². The minimum absolute atomic E-state index is 0.211. The summed E-state index contributed by atoms with van der Waals surface area (Å²) in [5, 5.41) is 20.9. The molecule has 1 saturated carbocycles. The number of nitrogens with one attached hydrogen (secondary N) is 1. The average Bonchev–Trinajstić information content (AvgIpc) is 3.39. The highest BCUT2D eigenvalue weighted by molar-refractivity contribution is 7.84. The van der Waals surface area contributed by atoms with Crippen LogP contribution in [0.2, 0.25) is 5.02 Å². The number of thiophene rings is 1. The molecule has 2 heterocycles. The third-order valence-corrected chi connectivity index (χ3v) is 7.44. The Morgan fingerprint density at radius 2 is 2.12 bits per heavy atom. The smallest absolute Gasteiger partial charge is 0.333 e. The lowest BCUT2D eigenvalue weighted by Crippen LogP contribution is -2.24. The first-order chi connectivity index (χ1) is 16.2. The van der Waals surface area contributed by atoms with E-state index in [1.54, 1.807) is 0 Å². The SMILES string of the molecule is NS(=O)(=O)OCC1C[C@@H](Nc2ncncc2C(=O)c2cc(Cc3ccccc3Cl)cs2)C[C@@H]1O. The van der Waals surface area contributed by atoms with Gasteiger partial charge in [0.1, 0.15) is 12.1 Å². The van der Waals surface area contributed by atoms with Gasteiger partial charge in [0.15, 0.2) is 0 Å². The van der Waals surface area contributed by atoms with Gasteiger partial charge in [0.2, 0.25) is 5.78 Å². The van der Waals surface area contributed by atoms with Crippen molar-refractivity contribution in [2.24, 2.45) is 11.1 Å². The number of nitrogens with zero attached hydrogens (tertiary/aromatic N) is 2. The third-order valence-electron chi connectivity index (χ3n) is 5.63. The first kappa shape index (κ1) is 24.7. The summed E-state index contributed by atoms with van der Waals surface area (Å²) in [5.41, 5.74) is 2.27. The van der Waals surface area contributed by atoms with Gasteiger partial charge < -0.3 is 10.4 Å². The first-order valence-corrected chi connectivity index (χ1v) is 13.2. The Morgan fingerprint density at radius 3 is 2.88 bits per heavy atom. The number of benzene rings is 1. The molecule has 1 unspecified atom stereocenters. The molecule has 4 rings (SSSR count). The van der Waals surface area contributed by atoms with Crippen LogP contribution in [0.15, 0.2) is 48.2 Å². The highest BCUT2D eigenvalue weighted by Crippen LogP contribution is 2.31. The van der Waals surface area contributed by atoms with Gasteiger partial charge in [-0.2, -0.15) is 8.42 Å². The quantitative estimate of drug-likeness (QED) is 0.364. The predicted octanol–water partition coefficient (Wildman–Crippen LogP) is 2.78. The Balaban J connectivity index is 1.45. The van der Waals surface area contributed by atoms with Crippen LogP contribution in [0, 0.1) is 5.92 Å². The molecular weight excluding hydrogens is 500 g/mol. The molecule has 0 saturated heterocycles. The van der Waals surface area contributed by atoms with Crippen molar-refractivity contribution in [3.63, 3.8) is 0 Å². The minimum atomic E-state index is -4.08. The molecule has 180 valence electrons. The lowest BCUT2D eigenvalue weighted by Gasteiger charge is -2.15. The fourth-order valence-corrected chi connectivity index (χ4v) is 5.40. The van der Waals surface area contributed by atoms with Crippen molar-refractivity contribution in [3.8, 4) is 0 Å². The van der Waals surface area contributed by atoms with Crippen molar-refractivity contribution in [2.45, 2.75) is 31.4 Å². The number of halogens is 1. The summed E-state index contributed by atoms with van der Waals surface area (Å²) in [6, 6.07) is 9.19. The molecule has 9 nitrogen and oxygen atoms in total. The summed E-state index contributed by atoms with van der Waals surface area (Å²) >= 11 is 7.59. The Bertz CT molecular complexity index is 1280. The molecule has 1 aromatic carbocycles. The molecule has 3 atom stereocenters. The van der Waals surface area contributed by atoms with Gasteiger partial charge in [0.25, 0.3) is 0 Å². The maximum Gasteiger partial charge on any atom is 0.333 e. The molecule has 4 N–H and O–H groups in total. The molecule has 1 aliphatic rings. The minimum Gasteiger partial charge on any atom is -0.393 e. The van der Waals surface area contributed by atoms with Crippen molar-refractivity contribution in [2.75, 3.05) is 11.9 Å². The van der Waals surface area contributed by atoms with Gasteiger partial charge in [-0.15, -0.1) is 11.3 Å². The lowest BCUT2D eigenvalue weighted by molar-refractivity contribution is 0.101. The van der Waals surface area contributed by atoms with Gasteiger partial charge in [-0.05, 0) is 47.9 Å². The third kappa shape index (κ3) is 6.17. The van der Waals surface area contributed by atoms with Gasteiger partial charge in [-0.25, -0.2) is 15.1 Å². The molecular formula is C22H23ClN4O5S2. The molecule has 0 aliphatic heterocycles. The highest BCUT2D eigenvalue weighted by Gasteiger charge is 2.34. The molecule has 1 fully saturated rings. The number of anilines is 1. The number of ketones is 1. The van der Waals surface area contributed by atoms with E-state index in [1.165, 1.54) is 23.9 Å². The zero-order valence-electron chi connectivity index (χ0n) is 17.9. The van der Waals surface area contributed by atoms with Crippen LogP contribution in [0.25, 0.3) is 0 Å². The van der Waals surface area contributed by atoms with E-state index in [0.717, 1.165) is 11.1 Å². The number of nitrogens with two attached hydrogens (primary N) is 1. The van der Waals surface area contributed by atoms with Crippen molar-refractivity contribution in [1.29, 1.82) is 0 Å². The van der Waals surface area contributed by atoms with Crippen LogP contribution in [0.1, 0.15) is 39.2 Å². The van der Waals surface area contributed by atoms with Crippen LogP contribution in [-0.4, -0.2) is 48.0 Å². The molecule has 0 amide bonds. The van der Waals surface area contributed by atoms with E-state index in [-0.39, 0.29) is 18.4 Å². The number of aromatic nitrogens is 2. The molecule has 0 radical (unpaired) electrons. The molecule has 3 aromatic rings. The summed E-state index contributed by atoms with van der Waals surface area (Å²) in [7, 11) is -4.08. The number of aliphatic hydroxyl groups excluding tert-OH is 1. The van der Waals surface area contributed by atoms with Crippen LogP contribution in [0.3, 0.4) is 0 Å². The monoisotopic (exact) mass is 522 g/mol. The fraction of sp³-hybridized carbons (Fsp3) is 0.318. The number of carbonyl (C=O) groups excluding carboxylic acids is 1. The summed E-state index contributed by atoms with van der Waals surface area (Å²) in [5.74, 6) is -0.279. The summed E-state index contributed by atoms with van der Waals surface area (Å²) in [4.78, 5) is 22.0. The summed E-state index contributed by atoms with van der Waals surface area (Å²) in [6.45, 7) is -0.211. The molecule has 34 heavy (non-hydrogen) atoms. The second kappa shape index (κ2) is 10.5. The zero-order chi connectivity index (χ0) is 24.3. The van der Waals surface area contributed by atoms with Crippen molar-refractivity contribution in [1.82, 2.24) is 9.97 Å². The second-order valence-corrected chi connectivity index (χ2v) is 10.7. The summed E-state index contributed by atoms with van der Waals surface area (Å²) < 4.78 is 26.7. The van der Waals surface area contributed by atoms with Crippen LogP contribution in [0.4, 0.5) is 5.82 Å². The zero-order valence-corrected chi connectivity index (χ0v) is 20.3. The molecule has 0 bridgehead atoms. The number of aliphatic hydroxyl groups is 1. The number of carbonyl (C=O) groups is 1. The van der Waals surface area contributed by atoms with Gasteiger partial charge in [0, 0.05) is 23.2 Å². The van der Waals surface area contributed by atoms with E-state index in [1.807, 2.05) is 35.7 Å². The molecule has 12 heteroatoms. The second-order valence-electron chi connectivity index (χ2n) is 8.12. The standard InChI is InChI=1S/C22H23ClN4O5S2/c23-18-4-2-1-3-14(18)5-13-6-20(33-11-13)21(29)17-9-25-12-26-22(17)27-16-7-15(19(28)8-16)10-32-34(24,30)31/h1-4,6,9,11-12,15-16,19,28H,5,7-8,10H2,(H2,24,30,31)(H,25,26,27)/t15?,16-,19+/m1/s1. The maximum absolute atomic E-state index is 13.2. The van der Waals surface area contributed by atoms with E-state index < -0.39 is 22.3 Å². The highest BCUT2D eigenvalue weighted by atomic mass is 35.5. The maximum atomic E-state index is 13.2. The van der Waals surface area contributed by atoms with E-state index in [0.29, 0.717) is 40.5 Å². The summed E-state index contributed by atoms with van der Waals surface area (Å²) in [6.07, 6.45) is 3.40. The van der Waals surface area contributed by atoms with E-state index in [9.17, 15) is 18.3 Å². The van der Waals surface area contributed by atoms with Crippen molar-refractivity contribution < 1.29 is 22.5 Å². The largest absolute Gasteiger partial charge is 0.393 e. The van der Waals surface area contributed by atoms with Gasteiger partial charge in [0.05, 0.1) is 23.2 Å². The van der Waals surface area contributed by atoms with Crippen LogP contribution >= 0.6 is 22.9 Å². The normalized spacial score (nSPS) is 20.4.